The van der Waals surface area contributed by atoms with Crippen molar-refractivity contribution in [3.05, 3.63) is 0 Å². The molecule has 82 valence electrons. The molecular weight excluding hydrogens is 180 g/mol. The molecule has 1 N–H and O–H groups in total. The van der Waals surface area contributed by atoms with Gasteiger partial charge in [0, 0.05) is 26.7 Å². The van der Waals surface area contributed by atoms with Crippen LogP contribution in [-0.2, 0) is 9.53 Å². The van der Waals surface area contributed by atoms with Crippen LogP contribution >= 0.6 is 0 Å². The summed E-state index contributed by atoms with van der Waals surface area (Å²) < 4.78 is 5.06. The molecule has 1 unspecified atom stereocenters. The highest BCUT2D eigenvalue weighted by Crippen LogP contribution is 2.11. The predicted molar refractivity (Wildman–Crippen MR) is 55.1 cm³/mol. The number of carbonyl (C=O) groups is 1. The minimum Gasteiger partial charge on any atom is -0.383 e. The Morgan fingerprint density at radius 1 is 1.64 bits per heavy atom. The van der Waals surface area contributed by atoms with Gasteiger partial charge in [-0.05, 0) is 13.8 Å². The first kappa shape index (κ1) is 11.5. The zero-order chi connectivity index (χ0) is 10.6. The van der Waals surface area contributed by atoms with E-state index in [0.717, 1.165) is 19.6 Å². The van der Waals surface area contributed by atoms with Gasteiger partial charge >= 0.3 is 0 Å². The fourth-order valence-electron chi connectivity index (χ4n) is 1.71. The Morgan fingerprint density at radius 3 is 2.64 bits per heavy atom. The molecule has 1 rings (SSSR count). The molecule has 0 aromatic carbocycles. The number of rotatable bonds is 5. The van der Waals surface area contributed by atoms with Crippen LogP contribution in [0.1, 0.15) is 13.8 Å². The maximum absolute atomic E-state index is 11.9. The standard InChI is InChI=1S/C10H20N2O2/c1-4-12(8(2)7-14-3)10(13)9-5-11-6-9/h8-9,11H,4-7H2,1-3H3. The van der Waals surface area contributed by atoms with Crippen LogP contribution in [0.5, 0.6) is 0 Å². The van der Waals surface area contributed by atoms with Crippen molar-refractivity contribution in [3.63, 3.8) is 0 Å². The van der Waals surface area contributed by atoms with Gasteiger partial charge in [-0.2, -0.15) is 0 Å². The third-order valence-electron chi connectivity index (χ3n) is 2.69. The number of ether oxygens (including phenoxy) is 1. The number of nitrogens with zero attached hydrogens (tertiary/aromatic N) is 1. The normalized spacial score (nSPS) is 18.8. The van der Waals surface area contributed by atoms with Crippen molar-refractivity contribution < 1.29 is 9.53 Å². The molecule has 1 heterocycles. The summed E-state index contributed by atoms with van der Waals surface area (Å²) in [6.45, 7) is 7.07. The summed E-state index contributed by atoms with van der Waals surface area (Å²) in [5, 5.41) is 3.11. The van der Waals surface area contributed by atoms with E-state index in [4.69, 9.17) is 4.74 Å². The van der Waals surface area contributed by atoms with E-state index in [9.17, 15) is 4.79 Å². The van der Waals surface area contributed by atoms with E-state index in [0.29, 0.717) is 6.61 Å². The van der Waals surface area contributed by atoms with Crippen LogP contribution in [0.3, 0.4) is 0 Å². The number of likely N-dealkylation sites (N-methyl/N-ethyl adjacent to an activating group) is 1. The van der Waals surface area contributed by atoms with E-state index in [-0.39, 0.29) is 17.9 Å². The Hall–Kier alpha value is -0.610. The Kier molecular flexibility index (Phi) is 4.35. The quantitative estimate of drug-likeness (QED) is 0.684. The van der Waals surface area contributed by atoms with Gasteiger partial charge in [-0.3, -0.25) is 4.79 Å². The molecule has 1 amide bonds. The van der Waals surface area contributed by atoms with Crippen LogP contribution in [0, 0.1) is 5.92 Å². The Labute approximate surface area is 85.6 Å². The number of carbonyl (C=O) groups excluding carboxylic acids is 1. The molecule has 14 heavy (non-hydrogen) atoms. The highest BCUT2D eigenvalue weighted by atomic mass is 16.5. The molecule has 4 nitrogen and oxygen atoms in total. The smallest absolute Gasteiger partial charge is 0.228 e. The summed E-state index contributed by atoms with van der Waals surface area (Å²) in [5.74, 6) is 0.449. The Bertz CT molecular complexity index is 193. The molecule has 1 atom stereocenters. The van der Waals surface area contributed by atoms with Crippen molar-refractivity contribution in [2.75, 3.05) is 33.4 Å². The number of hydrogen-bond acceptors (Lipinski definition) is 3. The van der Waals surface area contributed by atoms with E-state index >= 15 is 0 Å². The second-order valence-corrected chi connectivity index (χ2v) is 3.78. The van der Waals surface area contributed by atoms with Gasteiger partial charge in [-0.1, -0.05) is 0 Å². The Morgan fingerprint density at radius 2 is 2.29 bits per heavy atom. The van der Waals surface area contributed by atoms with E-state index in [1.165, 1.54) is 0 Å². The lowest BCUT2D eigenvalue weighted by Gasteiger charge is -2.35. The molecule has 1 saturated heterocycles. The van der Waals surface area contributed by atoms with Crippen LogP contribution in [0.25, 0.3) is 0 Å². The largest absolute Gasteiger partial charge is 0.383 e. The van der Waals surface area contributed by atoms with Crippen LogP contribution in [-0.4, -0.2) is 50.2 Å². The maximum Gasteiger partial charge on any atom is 0.228 e. The van der Waals surface area contributed by atoms with Crippen LogP contribution in [0.4, 0.5) is 0 Å². The highest BCUT2D eigenvalue weighted by molar-refractivity contribution is 5.80. The minimum absolute atomic E-state index is 0.179. The zero-order valence-electron chi connectivity index (χ0n) is 9.25. The third-order valence-corrected chi connectivity index (χ3v) is 2.69. The zero-order valence-corrected chi connectivity index (χ0v) is 9.25. The fraction of sp³-hybridized carbons (Fsp3) is 0.900. The second-order valence-electron chi connectivity index (χ2n) is 3.78. The summed E-state index contributed by atoms with van der Waals surface area (Å²) in [7, 11) is 1.67. The van der Waals surface area contributed by atoms with Crippen molar-refractivity contribution in [1.29, 1.82) is 0 Å². The van der Waals surface area contributed by atoms with Gasteiger partial charge in [0.15, 0.2) is 0 Å². The van der Waals surface area contributed by atoms with Gasteiger partial charge in [0.1, 0.15) is 0 Å². The van der Waals surface area contributed by atoms with Crippen molar-refractivity contribution >= 4 is 5.91 Å². The molecule has 0 aromatic heterocycles. The number of hydrogen-bond donors (Lipinski definition) is 1. The predicted octanol–water partition coefficient (Wildman–Crippen LogP) is 0.0892. The molecule has 4 heteroatoms. The number of amides is 1. The molecule has 0 radical (unpaired) electrons. The highest BCUT2D eigenvalue weighted by Gasteiger charge is 2.30. The molecule has 0 aromatic rings. The third kappa shape index (κ3) is 2.45. The average Bonchev–Trinajstić information content (AvgIpc) is 2.02. The lowest BCUT2D eigenvalue weighted by atomic mass is 10.0. The topological polar surface area (TPSA) is 41.6 Å². The molecule has 0 saturated carbocycles. The van der Waals surface area contributed by atoms with Gasteiger partial charge in [-0.25, -0.2) is 0 Å². The lowest BCUT2D eigenvalue weighted by Crippen LogP contribution is -2.54. The summed E-state index contributed by atoms with van der Waals surface area (Å²) >= 11 is 0. The first-order valence-electron chi connectivity index (χ1n) is 5.20. The first-order chi connectivity index (χ1) is 6.70. The summed E-state index contributed by atoms with van der Waals surface area (Å²) in [4.78, 5) is 13.8. The van der Waals surface area contributed by atoms with Gasteiger partial charge in [-0.15, -0.1) is 0 Å². The van der Waals surface area contributed by atoms with E-state index in [1.807, 2.05) is 18.7 Å². The van der Waals surface area contributed by atoms with Gasteiger partial charge < -0.3 is 15.0 Å². The van der Waals surface area contributed by atoms with Crippen LogP contribution < -0.4 is 5.32 Å². The summed E-state index contributed by atoms with van der Waals surface area (Å²) in [6, 6.07) is 0.179. The van der Waals surface area contributed by atoms with Crippen molar-refractivity contribution in [3.8, 4) is 0 Å². The minimum atomic E-state index is 0.179. The van der Waals surface area contributed by atoms with Crippen molar-refractivity contribution in [2.45, 2.75) is 19.9 Å². The molecule has 1 aliphatic rings. The lowest BCUT2D eigenvalue weighted by molar-refractivity contribution is -0.140. The van der Waals surface area contributed by atoms with Gasteiger partial charge in [0.25, 0.3) is 0 Å². The summed E-state index contributed by atoms with van der Waals surface area (Å²) in [5.41, 5.74) is 0. The van der Waals surface area contributed by atoms with E-state index in [2.05, 4.69) is 5.32 Å². The number of methoxy groups -OCH3 is 1. The summed E-state index contributed by atoms with van der Waals surface area (Å²) in [6.07, 6.45) is 0. The van der Waals surface area contributed by atoms with Crippen molar-refractivity contribution in [2.24, 2.45) is 5.92 Å². The second kappa shape index (κ2) is 5.32. The SMILES string of the molecule is CCN(C(=O)C1CNC1)C(C)COC. The average molecular weight is 200 g/mol. The van der Waals surface area contributed by atoms with Crippen LogP contribution in [0.2, 0.25) is 0 Å². The first-order valence-corrected chi connectivity index (χ1v) is 5.20. The molecule has 1 aliphatic heterocycles. The molecule has 0 bridgehead atoms. The van der Waals surface area contributed by atoms with Crippen molar-refractivity contribution in [1.82, 2.24) is 10.2 Å². The number of nitrogens with one attached hydrogen (secondary N) is 1. The van der Waals surface area contributed by atoms with Gasteiger partial charge in [0.2, 0.25) is 5.91 Å². The van der Waals surface area contributed by atoms with Crippen LogP contribution in [0.15, 0.2) is 0 Å². The molecular formula is C10H20N2O2. The Balaban J connectivity index is 2.46. The monoisotopic (exact) mass is 200 g/mol. The van der Waals surface area contributed by atoms with Gasteiger partial charge in [0.05, 0.1) is 18.6 Å². The van der Waals surface area contributed by atoms with E-state index in [1.54, 1.807) is 7.11 Å². The fourth-order valence-corrected chi connectivity index (χ4v) is 1.71. The molecule has 0 spiro atoms. The maximum atomic E-state index is 11.9. The van der Waals surface area contributed by atoms with E-state index < -0.39 is 0 Å². The molecule has 0 aliphatic carbocycles. The molecule has 1 fully saturated rings.